The second-order valence-electron chi connectivity index (χ2n) is 4.85. The van der Waals surface area contributed by atoms with Crippen LogP contribution in [0.2, 0.25) is 0 Å². The zero-order valence-electron chi connectivity index (χ0n) is 10.4. The van der Waals surface area contributed by atoms with E-state index in [1.807, 2.05) is 19.2 Å². The Balaban J connectivity index is 1.76. The van der Waals surface area contributed by atoms with Gasteiger partial charge in [-0.1, -0.05) is 6.42 Å². The Hall–Kier alpha value is -1.13. The number of rotatable bonds is 5. The maximum absolute atomic E-state index is 11.9. The average Bonchev–Trinajstić information content (AvgIpc) is 2.83. The first-order chi connectivity index (χ1) is 8.25. The van der Waals surface area contributed by atoms with E-state index in [2.05, 4.69) is 15.2 Å². The SMILES string of the molecule is CN(CC(=O)c1ccc[nH]1)C[C@H]1CCCCN1. The first-order valence-corrected chi connectivity index (χ1v) is 6.34. The summed E-state index contributed by atoms with van der Waals surface area (Å²) >= 11 is 0. The van der Waals surface area contributed by atoms with E-state index in [4.69, 9.17) is 0 Å². The summed E-state index contributed by atoms with van der Waals surface area (Å²) in [5.74, 6) is 0.160. The van der Waals surface area contributed by atoms with Crippen molar-refractivity contribution in [2.75, 3.05) is 26.7 Å². The van der Waals surface area contributed by atoms with E-state index < -0.39 is 0 Å². The number of aromatic nitrogens is 1. The highest BCUT2D eigenvalue weighted by Crippen LogP contribution is 2.08. The molecular weight excluding hydrogens is 214 g/mol. The number of ketones is 1. The molecule has 1 aromatic rings. The molecule has 4 nitrogen and oxygen atoms in total. The summed E-state index contributed by atoms with van der Waals surface area (Å²) in [5, 5.41) is 3.50. The van der Waals surface area contributed by atoms with Crippen LogP contribution in [0.5, 0.6) is 0 Å². The third-order valence-electron chi connectivity index (χ3n) is 3.26. The Morgan fingerprint density at radius 1 is 1.53 bits per heavy atom. The van der Waals surface area contributed by atoms with Crippen molar-refractivity contribution >= 4 is 5.78 Å². The molecule has 4 heteroatoms. The van der Waals surface area contributed by atoms with E-state index in [0.29, 0.717) is 18.3 Å². The highest BCUT2D eigenvalue weighted by atomic mass is 16.1. The smallest absolute Gasteiger partial charge is 0.192 e. The van der Waals surface area contributed by atoms with E-state index in [0.717, 1.165) is 13.1 Å². The first kappa shape index (κ1) is 12.3. The summed E-state index contributed by atoms with van der Waals surface area (Å²) in [6.45, 7) is 2.55. The van der Waals surface area contributed by atoms with Gasteiger partial charge in [-0.05, 0) is 38.6 Å². The van der Waals surface area contributed by atoms with Crippen LogP contribution in [0.1, 0.15) is 29.8 Å². The molecule has 0 aliphatic carbocycles. The zero-order chi connectivity index (χ0) is 12.1. The number of Topliss-reactive ketones (excluding diaryl/α,β-unsaturated/α-hetero) is 1. The van der Waals surface area contributed by atoms with Crippen LogP contribution in [-0.4, -0.2) is 48.4 Å². The number of carbonyl (C=O) groups excluding carboxylic acids is 1. The van der Waals surface area contributed by atoms with Gasteiger partial charge in [0, 0.05) is 18.8 Å². The third kappa shape index (κ3) is 3.68. The number of hydrogen-bond acceptors (Lipinski definition) is 3. The minimum atomic E-state index is 0.160. The molecular formula is C13H21N3O. The zero-order valence-corrected chi connectivity index (χ0v) is 10.4. The Bertz CT molecular complexity index is 342. The lowest BCUT2D eigenvalue weighted by Crippen LogP contribution is -2.43. The Kier molecular flexibility index (Phi) is 4.34. The summed E-state index contributed by atoms with van der Waals surface area (Å²) in [4.78, 5) is 16.9. The van der Waals surface area contributed by atoms with Crippen molar-refractivity contribution in [2.24, 2.45) is 0 Å². The minimum absolute atomic E-state index is 0.160. The number of nitrogens with zero attached hydrogens (tertiary/aromatic N) is 1. The van der Waals surface area contributed by atoms with Crippen molar-refractivity contribution < 1.29 is 4.79 Å². The second-order valence-corrected chi connectivity index (χ2v) is 4.85. The highest BCUT2D eigenvalue weighted by Gasteiger charge is 2.16. The molecule has 1 aliphatic heterocycles. The van der Waals surface area contributed by atoms with Gasteiger partial charge in [0.2, 0.25) is 0 Å². The number of carbonyl (C=O) groups is 1. The molecule has 0 amide bonds. The molecule has 2 heterocycles. The van der Waals surface area contributed by atoms with Crippen molar-refractivity contribution in [2.45, 2.75) is 25.3 Å². The van der Waals surface area contributed by atoms with E-state index in [9.17, 15) is 4.79 Å². The number of H-pyrrole nitrogens is 1. The molecule has 0 bridgehead atoms. The molecule has 1 fully saturated rings. The largest absolute Gasteiger partial charge is 0.359 e. The molecule has 1 saturated heterocycles. The van der Waals surface area contributed by atoms with Crippen LogP contribution in [0.15, 0.2) is 18.3 Å². The Morgan fingerprint density at radius 2 is 2.41 bits per heavy atom. The highest BCUT2D eigenvalue weighted by molar-refractivity contribution is 5.95. The average molecular weight is 235 g/mol. The molecule has 2 rings (SSSR count). The van der Waals surface area contributed by atoms with Gasteiger partial charge in [-0.3, -0.25) is 9.69 Å². The Labute approximate surface area is 102 Å². The van der Waals surface area contributed by atoms with Crippen LogP contribution in [-0.2, 0) is 0 Å². The lowest BCUT2D eigenvalue weighted by atomic mass is 10.0. The number of hydrogen-bond donors (Lipinski definition) is 2. The van der Waals surface area contributed by atoms with E-state index >= 15 is 0 Å². The van der Waals surface area contributed by atoms with Gasteiger partial charge >= 0.3 is 0 Å². The van der Waals surface area contributed by atoms with Gasteiger partial charge in [-0.15, -0.1) is 0 Å². The van der Waals surface area contributed by atoms with Crippen LogP contribution < -0.4 is 5.32 Å². The number of likely N-dealkylation sites (N-methyl/N-ethyl adjacent to an activating group) is 1. The van der Waals surface area contributed by atoms with Crippen molar-refractivity contribution in [3.8, 4) is 0 Å². The standard InChI is InChI=1S/C13H21N3O/c1-16(9-11-5-2-3-7-14-11)10-13(17)12-6-4-8-15-12/h4,6,8,11,14-15H,2-3,5,7,9-10H2,1H3/t11-/m1/s1. The second kappa shape index (κ2) is 5.98. The van der Waals surface area contributed by atoms with Crippen molar-refractivity contribution in [1.82, 2.24) is 15.2 Å². The van der Waals surface area contributed by atoms with E-state index in [1.54, 1.807) is 6.20 Å². The quantitative estimate of drug-likeness (QED) is 0.756. The van der Waals surface area contributed by atoms with Gasteiger partial charge in [0.05, 0.1) is 12.2 Å². The van der Waals surface area contributed by atoms with Gasteiger partial charge in [0.15, 0.2) is 5.78 Å². The molecule has 0 spiro atoms. The topological polar surface area (TPSA) is 48.1 Å². The van der Waals surface area contributed by atoms with Gasteiger partial charge in [-0.25, -0.2) is 0 Å². The lowest BCUT2D eigenvalue weighted by Gasteiger charge is -2.27. The molecule has 17 heavy (non-hydrogen) atoms. The third-order valence-corrected chi connectivity index (χ3v) is 3.26. The molecule has 0 radical (unpaired) electrons. The summed E-state index contributed by atoms with van der Waals surface area (Å²) < 4.78 is 0. The summed E-state index contributed by atoms with van der Waals surface area (Å²) in [6.07, 6.45) is 5.59. The van der Waals surface area contributed by atoms with Crippen molar-refractivity contribution in [1.29, 1.82) is 0 Å². The molecule has 1 aromatic heterocycles. The summed E-state index contributed by atoms with van der Waals surface area (Å²) in [6, 6.07) is 4.23. The predicted octanol–water partition coefficient (Wildman–Crippen LogP) is 1.27. The first-order valence-electron chi connectivity index (χ1n) is 6.34. The van der Waals surface area contributed by atoms with Crippen LogP contribution in [0.4, 0.5) is 0 Å². The van der Waals surface area contributed by atoms with Gasteiger partial charge in [0.25, 0.3) is 0 Å². The lowest BCUT2D eigenvalue weighted by molar-refractivity contribution is 0.0934. The summed E-state index contributed by atoms with van der Waals surface area (Å²) in [7, 11) is 2.01. The predicted molar refractivity (Wildman–Crippen MR) is 68.3 cm³/mol. The monoisotopic (exact) mass is 235 g/mol. The van der Waals surface area contributed by atoms with E-state index in [-0.39, 0.29) is 5.78 Å². The number of piperidine rings is 1. The summed E-state index contributed by atoms with van der Waals surface area (Å²) in [5.41, 5.74) is 0.702. The minimum Gasteiger partial charge on any atom is -0.359 e. The van der Waals surface area contributed by atoms with Crippen molar-refractivity contribution in [3.63, 3.8) is 0 Å². The molecule has 1 aliphatic rings. The maximum Gasteiger partial charge on any atom is 0.192 e. The number of aromatic amines is 1. The molecule has 0 aromatic carbocycles. The number of nitrogens with one attached hydrogen (secondary N) is 2. The molecule has 0 unspecified atom stereocenters. The van der Waals surface area contributed by atoms with Crippen LogP contribution in [0.3, 0.4) is 0 Å². The van der Waals surface area contributed by atoms with Gasteiger partial charge in [0.1, 0.15) is 0 Å². The van der Waals surface area contributed by atoms with Crippen LogP contribution in [0, 0.1) is 0 Å². The Morgan fingerprint density at radius 3 is 3.06 bits per heavy atom. The van der Waals surface area contributed by atoms with Crippen molar-refractivity contribution in [3.05, 3.63) is 24.0 Å². The molecule has 94 valence electrons. The normalized spacial score (nSPS) is 20.7. The molecule has 1 atom stereocenters. The fourth-order valence-corrected chi connectivity index (χ4v) is 2.35. The maximum atomic E-state index is 11.9. The van der Waals surface area contributed by atoms with Gasteiger partial charge < -0.3 is 10.3 Å². The molecule has 2 N–H and O–H groups in total. The van der Waals surface area contributed by atoms with Crippen LogP contribution in [0.25, 0.3) is 0 Å². The molecule has 0 saturated carbocycles. The fourth-order valence-electron chi connectivity index (χ4n) is 2.35. The van der Waals surface area contributed by atoms with E-state index in [1.165, 1.54) is 19.3 Å². The van der Waals surface area contributed by atoms with Gasteiger partial charge in [-0.2, -0.15) is 0 Å². The van der Waals surface area contributed by atoms with Crippen LogP contribution >= 0.6 is 0 Å². The fraction of sp³-hybridized carbons (Fsp3) is 0.615.